The molecule has 2 fully saturated rings. The molecule has 0 aliphatic carbocycles. The average molecular weight is 486 g/mol. The third kappa shape index (κ3) is 5.80. The molecule has 2 aliphatic heterocycles. The van der Waals surface area contributed by atoms with E-state index in [1.807, 2.05) is 0 Å². The van der Waals surface area contributed by atoms with E-state index >= 15 is 0 Å². The molecule has 4 heterocycles. The summed E-state index contributed by atoms with van der Waals surface area (Å²) in [6, 6.07) is 4.67. The maximum atomic E-state index is 14.2. The Morgan fingerprint density at radius 3 is 2.73 bits per heavy atom. The van der Waals surface area contributed by atoms with Crippen LogP contribution in [0.2, 0.25) is 0 Å². The fourth-order valence-electron chi connectivity index (χ4n) is 3.86. The van der Waals surface area contributed by atoms with E-state index in [9.17, 15) is 22.4 Å². The molecule has 2 aliphatic rings. The maximum Gasteiger partial charge on any atom is 0.393 e. The minimum Gasteiger partial charge on any atom is -0.378 e. The molecule has 12 heteroatoms. The van der Waals surface area contributed by atoms with Gasteiger partial charge in [-0.1, -0.05) is 17.3 Å². The van der Waals surface area contributed by atoms with Crippen LogP contribution in [-0.2, 0) is 11.2 Å². The van der Waals surface area contributed by atoms with Gasteiger partial charge in [-0.3, -0.25) is 4.79 Å². The van der Waals surface area contributed by atoms with E-state index < -0.39 is 24.8 Å². The molecule has 2 saturated heterocycles. The van der Waals surface area contributed by atoms with Crippen LogP contribution in [0.1, 0.15) is 24.8 Å². The zero-order chi connectivity index (χ0) is 23.4. The second-order valence-electron chi connectivity index (χ2n) is 7.85. The number of aromatic nitrogens is 2. The zero-order valence-electron chi connectivity index (χ0n) is 17.5. The molecule has 3 aromatic rings. The number of rotatable bonds is 4. The van der Waals surface area contributed by atoms with Gasteiger partial charge in [-0.25, -0.2) is 4.39 Å². The predicted octanol–water partition coefficient (Wildman–Crippen LogP) is 4.06. The number of nitrogens with zero attached hydrogens (tertiary/aromatic N) is 2. The molecule has 0 radical (unpaired) electrons. The second kappa shape index (κ2) is 10.0. The van der Waals surface area contributed by atoms with E-state index in [1.165, 1.54) is 0 Å². The average Bonchev–Trinajstić information content (AvgIpc) is 3.52. The number of benzene rings is 1. The first-order valence-corrected chi connectivity index (χ1v) is 11.4. The molecule has 2 unspecified atom stereocenters. The standard InChI is InChI=1S/C17H16F4N4OS.C4H7NO/c18-11-7-22-5-4-12(11)24-13-3-1-2-9-10(6-17(19,20)21)15(27-14(9)13)16-23-8-26-25-16;6-4-2-1-3-5-4/h1-3,8,11-12,22,24H,4-7H2;1-3H2,(H,5,6). The van der Waals surface area contributed by atoms with E-state index in [4.69, 9.17) is 4.52 Å². The Morgan fingerprint density at radius 1 is 1.27 bits per heavy atom. The normalized spacial score (nSPS) is 20.9. The smallest absolute Gasteiger partial charge is 0.378 e. The lowest BCUT2D eigenvalue weighted by Gasteiger charge is -2.28. The molecule has 2 atom stereocenters. The minimum absolute atomic E-state index is 0.106. The molecule has 0 saturated carbocycles. The third-order valence-corrected chi connectivity index (χ3v) is 6.69. The van der Waals surface area contributed by atoms with Gasteiger partial charge in [0.05, 0.1) is 27.7 Å². The number of amides is 1. The van der Waals surface area contributed by atoms with Crippen molar-refractivity contribution in [2.45, 2.75) is 44.1 Å². The van der Waals surface area contributed by atoms with Crippen molar-refractivity contribution in [1.82, 2.24) is 20.8 Å². The lowest BCUT2D eigenvalue weighted by molar-refractivity contribution is -0.126. The summed E-state index contributed by atoms with van der Waals surface area (Å²) in [6.07, 6.45) is -3.11. The number of fused-ring (bicyclic) bond motifs is 1. The van der Waals surface area contributed by atoms with E-state index in [0.29, 0.717) is 33.6 Å². The topological polar surface area (TPSA) is 92.1 Å². The highest BCUT2D eigenvalue weighted by atomic mass is 32.1. The number of hydrogen-bond acceptors (Lipinski definition) is 7. The van der Waals surface area contributed by atoms with Crippen LogP contribution in [0.5, 0.6) is 0 Å². The lowest BCUT2D eigenvalue weighted by atomic mass is 10.0. The van der Waals surface area contributed by atoms with Crippen molar-refractivity contribution >= 4 is 33.0 Å². The summed E-state index contributed by atoms with van der Waals surface area (Å²) < 4.78 is 59.0. The number of halogens is 4. The van der Waals surface area contributed by atoms with Crippen molar-refractivity contribution in [3.63, 3.8) is 0 Å². The van der Waals surface area contributed by atoms with Crippen LogP contribution in [0.3, 0.4) is 0 Å². The van der Waals surface area contributed by atoms with Crippen molar-refractivity contribution in [3.05, 3.63) is 30.2 Å². The fourth-order valence-corrected chi connectivity index (χ4v) is 5.09. The zero-order valence-corrected chi connectivity index (χ0v) is 18.4. The summed E-state index contributed by atoms with van der Waals surface area (Å²) >= 11 is 1.15. The Kier molecular flexibility index (Phi) is 7.13. The van der Waals surface area contributed by atoms with Crippen LogP contribution in [0.15, 0.2) is 29.1 Å². The van der Waals surface area contributed by atoms with Gasteiger partial charge in [0.15, 0.2) is 0 Å². The number of alkyl halides is 4. The number of nitrogens with one attached hydrogen (secondary N) is 3. The number of anilines is 1. The van der Waals surface area contributed by atoms with Crippen molar-refractivity contribution in [3.8, 4) is 10.7 Å². The van der Waals surface area contributed by atoms with Gasteiger partial charge in [-0.05, 0) is 36.4 Å². The Bertz CT molecular complexity index is 1080. The monoisotopic (exact) mass is 485 g/mol. The van der Waals surface area contributed by atoms with Crippen LogP contribution in [0.4, 0.5) is 23.2 Å². The summed E-state index contributed by atoms with van der Waals surface area (Å²) in [4.78, 5) is 14.4. The van der Waals surface area contributed by atoms with Crippen LogP contribution < -0.4 is 16.0 Å². The molecule has 1 aromatic carbocycles. The molecule has 33 heavy (non-hydrogen) atoms. The second-order valence-corrected chi connectivity index (χ2v) is 8.87. The maximum absolute atomic E-state index is 14.2. The van der Waals surface area contributed by atoms with E-state index in [0.717, 1.165) is 37.1 Å². The molecule has 3 N–H and O–H groups in total. The van der Waals surface area contributed by atoms with Gasteiger partial charge in [0.25, 0.3) is 0 Å². The molecular weight excluding hydrogens is 462 g/mol. The van der Waals surface area contributed by atoms with Gasteiger partial charge < -0.3 is 20.5 Å². The quantitative estimate of drug-likeness (QED) is 0.483. The Labute approximate surface area is 190 Å². The van der Waals surface area contributed by atoms with Crippen molar-refractivity contribution in [2.24, 2.45) is 0 Å². The van der Waals surface area contributed by atoms with Gasteiger partial charge in [0.2, 0.25) is 18.1 Å². The molecule has 7 nitrogen and oxygen atoms in total. The Balaban J connectivity index is 0.000000376. The van der Waals surface area contributed by atoms with Gasteiger partial charge in [-0.15, -0.1) is 11.3 Å². The van der Waals surface area contributed by atoms with Crippen LogP contribution in [0.25, 0.3) is 20.8 Å². The Morgan fingerprint density at radius 2 is 2.12 bits per heavy atom. The number of thiophene rings is 1. The Hall–Kier alpha value is -2.73. The highest BCUT2D eigenvalue weighted by Gasteiger charge is 2.33. The summed E-state index contributed by atoms with van der Waals surface area (Å²) in [5, 5.41) is 13.0. The summed E-state index contributed by atoms with van der Waals surface area (Å²) in [6.45, 7) is 1.83. The van der Waals surface area contributed by atoms with Crippen LogP contribution in [-0.4, -0.2) is 54.1 Å². The van der Waals surface area contributed by atoms with Gasteiger partial charge in [0.1, 0.15) is 6.17 Å². The molecule has 2 aromatic heterocycles. The number of hydrogen-bond donors (Lipinski definition) is 3. The van der Waals surface area contributed by atoms with Gasteiger partial charge in [-0.2, -0.15) is 18.2 Å². The first kappa shape index (κ1) is 23.4. The SMILES string of the molecule is FC1CNCCC1Nc1cccc2c(CC(F)(F)F)c(-c3ncon3)sc12.O=C1CCCN1. The van der Waals surface area contributed by atoms with E-state index in [1.54, 1.807) is 18.2 Å². The first-order valence-electron chi connectivity index (χ1n) is 10.6. The molecular formula is C21H23F4N5O2S. The fraction of sp³-hybridized carbons (Fsp3) is 0.476. The van der Waals surface area contributed by atoms with Crippen molar-refractivity contribution in [1.29, 1.82) is 0 Å². The summed E-state index contributed by atoms with van der Waals surface area (Å²) in [5.41, 5.74) is 0.722. The highest BCUT2D eigenvalue weighted by molar-refractivity contribution is 7.23. The van der Waals surface area contributed by atoms with Crippen molar-refractivity contribution < 1.29 is 26.9 Å². The number of carbonyl (C=O) groups excluding carboxylic acids is 1. The van der Waals surface area contributed by atoms with Crippen LogP contribution in [0, 0.1) is 0 Å². The number of piperidine rings is 1. The molecule has 178 valence electrons. The summed E-state index contributed by atoms with van der Waals surface area (Å²) in [5.74, 6) is 0.321. The third-order valence-electron chi connectivity index (χ3n) is 5.41. The molecule has 0 bridgehead atoms. The molecule has 0 spiro atoms. The highest BCUT2D eigenvalue weighted by Crippen LogP contribution is 2.43. The van der Waals surface area contributed by atoms with E-state index in [2.05, 4.69) is 26.1 Å². The lowest BCUT2D eigenvalue weighted by Crippen LogP contribution is -2.45. The number of carbonyl (C=O) groups is 1. The largest absolute Gasteiger partial charge is 0.393 e. The first-order chi connectivity index (χ1) is 15.8. The molecule has 1 amide bonds. The van der Waals surface area contributed by atoms with Gasteiger partial charge >= 0.3 is 6.18 Å². The minimum atomic E-state index is -4.38. The van der Waals surface area contributed by atoms with Crippen LogP contribution >= 0.6 is 11.3 Å². The van der Waals surface area contributed by atoms with Crippen molar-refractivity contribution in [2.75, 3.05) is 25.0 Å². The molecule has 5 rings (SSSR count). The summed E-state index contributed by atoms with van der Waals surface area (Å²) in [7, 11) is 0. The predicted molar refractivity (Wildman–Crippen MR) is 117 cm³/mol. The van der Waals surface area contributed by atoms with Gasteiger partial charge in [0, 0.05) is 19.5 Å². The van der Waals surface area contributed by atoms with E-state index in [-0.39, 0.29) is 23.8 Å².